The lowest BCUT2D eigenvalue weighted by molar-refractivity contribution is 0.410. The van der Waals surface area contributed by atoms with Crippen molar-refractivity contribution in [3.63, 3.8) is 0 Å². The zero-order chi connectivity index (χ0) is 13.4. The maximum atomic E-state index is 13.5. The van der Waals surface area contributed by atoms with E-state index in [0.717, 1.165) is 0 Å². The highest BCUT2D eigenvalue weighted by Crippen LogP contribution is 2.36. The molecule has 0 N–H and O–H groups in total. The Labute approximate surface area is 109 Å². The molecule has 0 radical (unpaired) electrons. The van der Waals surface area contributed by atoms with Crippen molar-refractivity contribution in [2.24, 2.45) is 0 Å². The van der Waals surface area contributed by atoms with E-state index in [1.807, 2.05) is 0 Å². The van der Waals surface area contributed by atoms with Gasteiger partial charge >= 0.3 is 0 Å². The molecule has 2 rings (SSSR count). The zero-order valence-electron chi connectivity index (χ0n) is 8.45. The van der Waals surface area contributed by atoms with Gasteiger partial charge in [-0.3, -0.25) is 0 Å². The van der Waals surface area contributed by atoms with Crippen molar-refractivity contribution in [3.8, 4) is 11.1 Å². The second kappa shape index (κ2) is 4.74. The maximum Gasteiger partial charge on any atom is 0.252 e. The lowest BCUT2D eigenvalue weighted by Crippen LogP contribution is -2.03. The summed E-state index contributed by atoms with van der Waals surface area (Å²) in [5.41, 5.74) is -1.19. The maximum absolute atomic E-state index is 13.5. The van der Waals surface area contributed by atoms with Crippen LogP contribution in [0.2, 0.25) is 10.0 Å². The average molecular weight is 296 g/mol. The Hall–Kier alpha value is -1.33. The second-order valence-corrected chi connectivity index (χ2v) is 4.08. The Morgan fingerprint density at radius 1 is 0.889 bits per heavy atom. The first-order chi connectivity index (χ1) is 8.43. The van der Waals surface area contributed by atoms with Gasteiger partial charge in [0.05, 0.1) is 15.6 Å². The van der Waals surface area contributed by atoms with Crippen molar-refractivity contribution in [2.45, 2.75) is 0 Å². The number of benzene rings is 1. The van der Waals surface area contributed by atoms with Crippen LogP contribution in [-0.2, 0) is 0 Å². The van der Waals surface area contributed by atoms with Crippen LogP contribution >= 0.6 is 23.2 Å². The highest BCUT2D eigenvalue weighted by molar-refractivity contribution is 6.43. The number of rotatable bonds is 1. The highest BCUT2D eigenvalue weighted by atomic mass is 35.5. The van der Waals surface area contributed by atoms with Crippen molar-refractivity contribution in [2.75, 3.05) is 0 Å². The van der Waals surface area contributed by atoms with Crippen LogP contribution in [0.25, 0.3) is 11.1 Å². The third-order valence-electron chi connectivity index (χ3n) is 2.22. The predicted octanol–water partition coefficient (Wildman–Crippen LogP) is 4.61. The number of hydrogen-bond donors (Lipinski definition) is 0. The van der Waals surface area contributed by atoms with Gasteiger partial charge in [0.25, 0.3) is 11.9 Å². The van der Waals surface area contributed by atoms with Gasteiger partial charge in [-0.25, -0.2) is 8.78 Å². The third kappa shape index (κ3) is 2.04. The molecule has 0 bridgehead atoms. The Kier molecular flexibility index (Phi) is 3.45. The summed E-state index contributed by atoms with van der Waals surface area (Å²) >= 11 is 11.4. The molecule has 1 aromatic carbocycles. The fraction of sp³-hybridized carbons (Fsp3) is 0. The van der Waals surface area contributed by atoms with E-state index in [9.17, 15) is 17.6 Å². The molecule has 18 heavy (non-hydrogen) atoms. The fourth-order valence-corrected chi connectivity index (χ4v) is 1.82. The van der Waals surface area contributed by atoms with Crippen LogP contribution < -0.4 is 0 Å². The van der Waals surface area contributed by atoms with E-state index < -0.39 is 29.1 Å². The topological polar surface area (TPSA) is 12.9 Å². The smallest absolute Gasteiger partial charge is 0.201 e. The highest BCUT2D eigenvalue weighted by Gasteiger charge is 2.24. The summed E-state index contributed by atoms with van der Waals surface area (Å²) in [6.07, 6.45) is 0. The Morgan fingerprint density at radius 3 is 2.00 bits per heavy atom. The van der Waals surface area contributed by atoms with Gasteiger partial charge in [0.15, 0.2) is 11.6 Å². The summed E-state index contributed by atoms with van der Waals surface area (Å²) in [5, 5.41) is -0.201. The zero-order valence-corrected chi connectivity index (χ0v) is 9.96. The second-order valence-electron chi connectivity index (χ2n) is 3.30. The number of pyridine rings is 1. The standard InChI is InChI=1S/C11H3Cl2F4N/c12-5-3-1-2-4(7(5)13)6-8(14)10(16)18-11(17)9(6)15/h1-3H. The largest absolute Gasteiger partial charge is 0.252 e. The van der Waals surface area contributed by atoms with Gasteiger partial charge in [0.2, 0.25) is 0 Å². The molecular formula is C11H3Cl2F4N. The first-order valence-corrected chi connectivity index (χ1v) is 5.33. The van der Waals surface area contributed by atoms with Crippen LogP contribution in [0, 0.1) is 23.5 Å². The minimum atomic E-state index is -1.75. The van der Waals surface area contributed by atoms with Crippen LogP contribution in [0.15, 0.2) is 18.2 Å². The molecule has 7 heteroatoms. The van der Waals surface area contributed by atoms with Crippen LogP contribution in [0.5, 0.6) is 0 Å². The van der Waals surface area contributed by atoms with Crippen LogP contribution in [-0.4, -0.2) is 4.98 Å². The van der Waals surface area contributed by atoms with Crippen LogP contribution in [0.4, 0.5) is 17.6 Å². The van der Waals surface area contributed by atoms with Crippen LogP contribution in [0.3, 0.4) is 0 Å². The summed E-state index contributed by atoms with van der Waals surface area (Å²) < 4.78 is 52.9. The molecule has 0 unspecified atom stereocenters. The van der Waals surface area contributed by atoms with Crippen molar-refractivity contribution in [1.29, 1.82) is 0 Å². The van der Waals surface area contributed by atoms with Gasteiger partial charge in [-0.15, -0.1) is 0 Å². The quantitative estimate of drug-likeness (QED) is 0.553. The molecule has 0 saturated heterocycles. The molecule has 1 nitrogen and oxygen atoms in total. The number of aromatic nitrogens is 1. The summed E-state index contributed by atoms with van der Waals surface area (Å²) in [6, 6.07) is 3.91. The Morgan fingerprint density at radius 2 is 1.44 bits per heavy atom. The molecule has 0 aliphatic rings. The van der Waals surface area contributed by atoms with Crippen LogP contribution in [0.1, 0.15) is 0 Å². The molecule has 1 aromatic heterocycles. The predicted molar refractivity (Wildman–Crippen MR) is 59.5 cm³/mol. The Balaban J connectivity index is 2.83. The first kappa shape index (κ1) is 13.1. The van der Waals surface area contributed by atoms with Crippen molar-refractivity contribution < 1.29 is 17.6 Å². The summed E-state index contributed by atoms with van der Waals surface area (Å²) in [4.78, 5) is 2.45. The molecule has 0 spiro atoms. The van der Waals surface area contributed by atoms with Gasteiger partial charge in [-0.1, -0.05) is 35.3 Å². The lowest BCUT2D eigenvalue weighted by Gasteiger charge is -2.09. The molecule has 0 fully saturated rings. The average Bonchev–Trinajstić information content (AvgIpc) is 2.32. The summed E-state index contributed by atoms with van der Waals surface area (Å²) in [6.45, 7) is 0. The molecule has 0 aliphatic carbocycles. The summed E-state index contributed by atoms with van der Waals surface area (Å²) in [7, 11) is 0. The van der Waals surface area contributed by atoms with E-state index in [2.05, 4.69) is 4.98 Å². The van der Waals surface area contributed by atoms with Gasteiger partial charge < -0.3 is 0 Å². The first-order valence-electron chi connectivity index (χ1n) is 4.58. The van der Waals surface area contributed by atoms with E-state index in [4.69, 9.17) is 23.2 Å². The molecule has 2 aromatic rings. The Bertz CT molecular complexity index is 605. The van der Waals surface area contributed by atoms with Gasteiger partial charge in [0.1, 0.15) is 0 Å². The number of hydrogen-bond acceptors (Lipinski definition) is 1. The van der Waals surface area contributed by atoms with Gasteiger partial charge in [-0.05, 0) is 6.07 Å². The van der Waals surface area contributed by atoms with Gasteiger partial charge in [0, 0.05) is 5.56 Å². The molecule has 94 valence electrons. The minimum absolute atomic E-state index is 0.00518. The molecule has 0 amide bonds. The van der Waals surface area contributed by atoms with E-state index in [1.54, 1.807) is 0 Å². The monoisotopic (exact) mass is 295 g/mol. The lowest BCUT2D eigenvalue weighted by atomic mass is 10.1. The van der Waals surface area contributed by atoms with E-state index in [0.29, 0.717) is 0 Å². The van der Waals surface area contributed by atoms with E-state index in [1.165, 1.54) is 18.2 Å². The fourth-order valence-electron chi connectivity index (χ4n) is 1.42. The SMILES string of the molecule is Fc1nc(F)c(F)c(-c2cccc(Cl)c2Cl)c1F. The van der Waals surface area contributed by atoms with Crippen molar-refractivity contribution in [3.05, 3.63) is 51.8 Å². The molecule has 0 aliphatic heterocycles. The molecule has 0 saturated carbocycles. The van der Waals surface area contributed by atoms with E-state index >= 15 is 0 Å². The van der Waals surface area contributed by atoms with Gasteiger partial charge in [-0.2, -0.15) is 13.8 Å². The molecule has 0 atom stereocenters. The number of nitrogens with zero attached hydrogens (tertiary/aromatic N) is 1. The molecular weight excluding hydrogens is 293 g/mol. The van der Waals surface area contributed by atoms with Crippen molar-refractivity contribution in [1.82, 2.24) is 4.98 Å². The number of halogens is 6. The van der Waals surface area contributed by atoms with Crippen molar-refractivity contribution >= 4 is 23.2 Å². The normalized spacial score (nSPS) is 10.8. The third-order valence-corrected chi connectivity index (χ3v) is 3.04. The van der Waals surface area contributed by atoms with E-state index in [-0.39, 0.29) is 15.6 Å². The molecule has 1 heterocycles. The minimum Gasteiger partial charge on any atom is -0.201 e. The summed E-state index contributed by atoms with van der Waals surface area (Å²) in [5.74, 6) is -6.75.